The van der Waals surface area contributed by atoms with Crippen molar-refractivity contribution < 1.29 is 14.3 Å². The summed E-state index contributed by atoms with van der Waals surface area (Å²) in [6, 6.07) is 7.90. The number of ether oxygens (including phenoxy) is 2. The molecule has 0 aliphatic carbocycles. The van der Waals surface area contributed by atoms with Crippen molar-refractivity contribution >= 4 is 17.4 Å². The second-order valence-electron chi connectivity index (χ2n) is 7.86. The van der Waals surface area contributed by atoms with Crippen LogP contribution in [0.25, 0.3) is 0 Å². The van der Waals surface area contributed by atoms with E-state index in [0.29, 0.717) is 23.8 Å². The van der Waals surface area contributed by atoms with E-state index in [1.54, 1.807) is 12.4 Å². The van der Waals surface area contributed by atoms with Gasteiger partial charge in [0.05, 0.1) is 19.8 Å². The van der Waals surface area contributed by atoms with E-state index in [-0.39, 0.29) is 12.0 Å². The van der Waals surface area contributed by atoms with Crippen molar-refractivity contribution in [3.05, 3.63) is 42.2 Å². The number of morpholine rings is 1. The van der Waals surface area contributed by atoms with Gasteiger partial charge in [-0.15, -0.1) is 0 Å². The molecule has 2 aliphatic heterocycles. The molecule has 1 aromatic carbocycles. The van der Waals surface area contributed by atoms with Crippen LogP contribution in [0.2, 0.25) is 0 Å². The molecule has 1 amide bonds. The maximum absolute atomic E-state index is 13.1. The molecule has 160 valence electrons. The number of anilines is 2. The number of amides is 1. The lowest BCUT2D eigenvalue weighted by molar-refractivity contribution is 0.0528. The average Bonchev–Trinajstić information content (AvgIpc) is 2.80. The van der Waals surface area contributed by atoms with Gasteiger partial charge in [-0.2, -0.15) is 0 Å². The van der Waals surface area contributed by atoms with Crippen molar-refractivity contribution in [2.75, 3.05) is 63.3 Å². The minimum Gasteiger partial charge on any atom is -0.470 e. The van der Waals surface area contributed by atoms with E-state index in [1.807, 2.05) is 48.2 Å². The van der Waals surface area contributed by atoms with Crippen LogP contribution in [0.5, 0.6) is 5.88 Å². The van der Waals surface area contributed by atoms with Crippen molar-refractivity contribution in [3.63, 3.8) is 0 Å². The van der Waals surface area contributed by atoms with Gasteiger partial charge in [-0.05, 0) is 37.1 Å². The Morgan fingerprint density at radius 2 is 1.83 bits per heavy atom. The largest absolute Gasteiger partial charge is 0.470 e. The monoisotopic (exact) mass is 411 g/mol. The van der Waals surface area contributed by atoms with Crippen molar-refractivity contribution in [2.24, 2.45) is 0 Å². The van der Waals surface area contributed by atoms with Crippen LogP contribution in [-0.4, -0.2) is 80.4 Å². The lowest BCUT2D eigenvalue weighted by Crippen LogP contribution is -2.44. The summed E-state index contributed by atoms with van der Waals surface area (Å²) in [6.45, 7) is 4.55. The fourth-order valence-corrected chi connectivity index (χ4v) is 3.90. The normalized spacial score (nSPS) is 19.5. The highest BCUT2D eigenvalue weighted by molar-refractivity contribution is 5.94. The highest BCUT2D eigenvalue weighted by Crippen LogP contribution is 2.25. The Labute approximate surface area is 177 Å². The Kier molecular flexibility index (Phi) is 6.32. The lowest BCUT2D eigenvalue weighted by Gasteiger charge is -2.33. The summed E-state index contributed by atoms with van der Waals surface area (Å²) in [5, 5.41) is 0. The van der Waals surface area contributed by atoms with E-state index in [9.17, 15) is 4.79 Å². The molecular weight excluding hydrogens is 382 g/mol. The molecule has 2 aromatic rings. The number of carbonyl (C=O) groups is 1. The van der Waals surface area contributed by atoms with E-state index in [4.69, 9.17) is 9.47 Å². The standard InChI is InChI=1S/C22H29N5O3/c1-25(2)20-21(24-10-9-23-20)30-19-4-3-11-27(16-19)22(28)17-5-7-18(8-6-17)26-12-14-29-15-13-26/h5-10,19H,3-4,11-16H2,1-2H3. The molecule has 8 nitrogen and oxygen atoms in total. The number of benzene rings is 1. The molecule has 2 saturated heterocycles. The fourth-order valence-electron chi connectivity index (χ4n) is 3.90. The zero-order valence-electron chi connectivity index (χ0n) is 17.7. The van der Waals surface area contributed by atoms with Crippen LogP contribution in [0, 0.1) is 0 Å². The van der Waals surface area contributed by atoms with Gasteiger partial charge in [0.15, 0.2) is 5.82 Å². The van der Waals surface area contributed by atoms with E-state index >= 15 is 0 Å². The Balaban J connectivity index is 1.40. The predicted octanol–water partition coefficient (Wildman–Crippen LogP) is 2.06. The van der Waals surface area contributed by atoms with Gasteiger partial charge in [0, 0.05) is 57.4 Å². The molecule has 30 heavy (non-hydrogen) atoms. The second kappa shape index (κ2) is 9.30. The van der Waals surface area contributed by atoms with Crippen molar-refractivity contribution in [1.29, 1.82) is 0 Å². The van der Waals surface area contributed by atoms with Crippen LogP contribution in [0.15, 0.2) is 36.7 Å². The summed E-state index contributed by atoms with van der Waals surface area (Å²) >= 11 is 0. The number of carbonyl (C=O) groups excluding carboxylic acids is 1. The number of hydrogen-bond donors (Lipinski definition) is 0. The van der Waals surface area contributed by atoms with Crippen molar-refractivity contribution in [2.45, 2.75) is 18.9 Å². The Morgan fingerprint density at radius 1 is 1.10 bits per heavy atom. The number of piperidine rings is 1. The quantitative estimate of drug-likeness (QED) is 0.746. The third kappa shape index (κ3) is 4.64. The summed E-state index contributed by atoms with van der Waals surface area (Å²) in [4.78, 5) is 27.8. The van der Waals surface area contributed by atoms with E-state index in [2.05, 4.69) is 14.9 Å². The highest BCUT2D eigenvalue weighted by Gasteiger charge is 2.27. The van der Waals surface area contributed by atoms with Gasteiger partial charge in [-0.3, -0.25) is 4.79 Å². The third-order valence-corrected chi connectivity index (χ3v) is 5.50. The molecule has 1 aromatic heterocycles. The van der Waals surface area contributed by atoms with Crippen LogP contribution in [-0.2, 0) is 4.74 Å². The molecule has 3 heterocycles. The van der Waals surface area contributed by atoms with Crippen LogP contribution in [0.1, 0.15) is 23.2 Å². The molecule has 0 radical (unpaired) electrons. The van der Waals surface area contributed by atoms with Crippen LogP contribution >= 0.6 is 0 Å². The molecule has 8 heteroatoms. The van der Waals surface area contributed by atoms with Crippen LogP contribution in [0.3, 0.4) is 0 Å². The van der Waals surface area contributed by atoms with Gasteiger partial charge in [0.25, 0.3) is 11.8 Å². The minimum atomic E-state index is -0.0919. The van der Waals surface area contributed by atoms with E-state index in [0.717, 1.165) is 51.4 Å². The summed E-state index contributed by atoms with van der Waals surface area (Å²) < 4.78 is 11.5. The summed E-state index contributed by atoms with van der Waals surface area (Å²) in [7, 11) is 3.82. The first-order chi connectivity index (χ1) is 14.6. The number of aromatic nitrogens is 2. The van der Waals surface area contributed by atoms with E-state index < -0.39 is 0 Å². The molecule has 2 aliphatic rings. The maximum atomic E-state index is 13.1. The lowest BCUT2D eigenvalue weighted by atomic mass is 10.1. The first-order valence-electron chi connectivity index (χ1n) is 10.5. The molecule has 1 atom stereocenters. The summed E-state index contributed by atoms with van der Waals surface area (Å²) in [6.07, 6.45) is 4.98. The Morgan fingerprint density at radius 3 is 2.57 bits per heavy atom. The van der Waals surface area contributed by atoms with Gasteiger partial charge in [0.1, 0.15) is 6.10 Å². The Hall–Kier alpha value is -2.87. The number of hydrogen-bond acceptors (Lipinski definition) is 7. The van der Waals surface area contributed by atoms with Gasteiger partial charge in [0.2, 0.25) is 0 Å². The Bertz CT molecular complexity index is 852. The van der Waals surface area contributed by atoms with Crippen LogP contribution in [0.4, 0.5) is 11.5 Å². The minimum absolute atomic E-state index is 0.0452. The van der Waals surface area contributed by atoms with Crippen molar-refractivity contribution in [1.82, 2.24) is 14.9 Å². The molecule has 2 fully saturated rings. The fraction of sp³-hybridized carbons (Fsp3) is 0.500. The average molecular weight is 412 g/mol. The SMILES string of the molecule is CN(C)c1nccnc1OC1CCCN(C(=O)c2ccc(N3CCOCC3)cc2)C1. The molecule has 0 bridgehead atoms. The van der Waals surface area contributed by atoms with Gasteiger partial charge < -0.3 is 24.2 Å². The maximum Gasteiger partial charge on any atom is 0.257 e. The summed E-state index contributed by atoms with van der Waals surface area (Å²) in [5.41, 5.74) is 1.84. The molecular formula is C22H29N5O3. The third-order valence-electron chi connectivity index (χ3n) is 5.50. The highest BCUT2D eigenvalue weighted by atomic mass is 16.5. The topological polar surface area (TPSA) is 71.0 Å². The smallest absolute Gasteiger partial charge is 0.257 e. The number of rotatable bonds is 5. The number of nitrogens with zero attached hydrogens (tertiary/aromatic N) is 5. The molecule has 0 N–H and O–H groups in total. The predicted molar refractivity (Wildman–Crippen MR) is 115 cm³/mol. The van der Waals surface area contributed by atoms with E-state index in [1.165, 1.54) is 0 Å². The zero-order chi connectivity index (χ0) is 20.9. The summed E-state index contributed by atoms with van der Waals surface area (Å²) in [5.74, 6) is 1.25. The molecule has 1 unspecified atom stereocenters. The molecule has 0 spiro atoms. The molecule has 4 rings (SSSR count). The second-order valence-corrected chi connectivity index (χ2v) is 7.86. The van der Waals surface area contributed by atoms with Gasteiger partial charge >= 0.3 is 0 Å². The zero-order valence-corrected chi connectivity index (χ0v) is 17.7. The first-order valence-corrected chi connectivity index (χ1v) is 10.5. The van der Waals surface area contributed by atoms with Gasteiger partial charge in [-0.25, -0.2) is 9.97 Å². The van der Waals surface area contributed by atoms with Gasteiger partial charge in [-0.1, -0.05) is 0 Å². The number of likely N-dealkylation sites (tertiary alicyclic amines) is 1. The van der Waals surface area contributed by atoms with Crippen LogP contribution < -0.4 is 14.5 Å². The molecule has 0 saturated carbocycles. The first kappa shape index (κ1) is 20.4. The van der Waals surface area contributed by atoms with Crippen molar-refractivity contribution in [3.8, 4) is 5.88 Å².